The Kier molecular flexibility index (Phi) is 4.68. The first kappa shape index (κ1) is 20.8. The maximum atomic E-state index is 13.1. The van der Waals surface area contributed by atoms with E-state index in [4.69, 9.17) is 9.47 Å². The molecule has 4 nitrogen and oxygen atoms in total. The molecule has 31 heavy (non-hydrogen) atoms. The van der Waals surface area contributed by atoms with E-state index in [9.17, 15) is 9.90 Å². The normalized spacial score (nSPS) is 40.4. The van der Waals surface area contributed by atoms with E-state index in [1.165, 1.54) is 5.57 Å². The molecular weight excluding hydrogens is 388 g/mol. The highest BCUT2D eigenvalue weighted by molar-refractivity contribution is 5.89. The van der Waals surface area contributed by atoms with Crippen LogP contribution in [0, 0.1) is 28.6 Å². The van der Waals surface area contributed by atoms with Gasteiger partial charge in [-0.1, -0.05) is 52.3 Å². The number of aliphatic hydroxyl groups is 1. The Morgan fingerprint density at radius 3 is 2.65 bits per heavy atom. The zero-order valence-corrected chi connectivity index (χ0v) is 19.1. The van der Waals surface area contributed by atoms with Crippen molar-refractivity contribution in [3.8, 4) is 0 Å². The van der Waals surface area contributed by atoms with Crippen LogP contribution in [-0.2, 0) is 9.47 Å². The first-order valence-corrected chi connectivity index (χ1v) is 11.7. The first-order valence-electron chi connectivity index (χ1n) is 11.7. The number of fused-ring (bicyclic) bond motifs is 4. The molecule has 0 saturated heterocycles. The summed E-state index contributed by atoms with van der Waals surface area (Å²) in [4.78, 5) is 13.1. The minimum Gasteiger partial charge on any atom is -0.490 e. The summed E-state index contributed by atoms with van der Waals surface area (Å²) < 4.78 is 12.1. The van der Waals surface area contributed by atoms with E-state index in [2.05, 4.69) is 39.8 Å². The van der Waals surface area contributed by atoms with E-state index in [1.54, 1.807) is 12.1 Å². The molecule has 0 bridgehead atoms. The molecule has 166 valence electrons. The van der Waals surface area contributed by atoms with Gasteiger partial charge in [0.1, 0.15) is 24.1 Å². The SMILES string of the molecule is C[C@H]1C2=CCOC2=C[C@H]2[C@H]1C[C@@H](OC(=O)c1ccccc1)[C@@]1(O)C(C)(C)CCC[C@]21C. The number of hydrogen-bond acceptors (Lipinski definition) is 4. The number of carbonyl (C=O) groups excluding carboxylic acids is 1. The van der Waals surface area contributed by atoms with Crippen molar-refractivity contribution in [2.45, 2.75) is 65.1 Å². The number of esters is 1. The third-order valence-electron chi connectivity index (χ3n) is 9.10. The van der Waals surface area contributed by atoms with Crippen LogP contribution in [0.4, 0.5) is 0 Å². The highest BCUT2D eigenvalue weighted by atomic mass is 16.6. The number of carbonyl (C=O) groups is 1. The van der Waals surface area contributed by atoms with Crippen LogP contribution in [0.2, 0.25) is 0 Å². The lowest BCUT2D eigenvalue weighted by Crippen LogP contribution is -2.72. The van der Waals surface area contributed by atoms with Gasteiger partial charge in [-0.25, -0.2) is 4.79 Å². The smallest absolute Gasteiger partial charge is 0.338 e. The van der Waals surface area contributed by atoms with Gasteiger partial charge in [0.15, 0.2) is 0 Å². The summed E-state index contributed by atoms with van der Waals surface area (Å²) in [6.45, 7) is 9.41. The second-order valence-corrected chi connectivity index (χ2v) is 10.9. The lowest BCUT2D eigenvalue weighted by atomic mass is 9.41. The van der Waals surface area contributed by atoms with Crippen LogP contribution in [0.15, 0.2) is 53.8 Å². The molecule has 5 rings (SSSR count). The summed E-state index contributed by atoms with van der Waals surface area (Å²) in [6, 6.07) is 9.14. The molecule has 1 N–H and O–H groups in total. The molecule has 3 aliphatic carbocycles. The average Bonchev–Trinajstić information content (AvgIpc) is 3.21. The molecule has 4 heteroatoms. The third kappa shape index (κ3) is 2.80. The highest BCUT2D eigenvalue weighted by Crippen LogP contribution is 2.67. The summed E-state index contributed by atoms with van der Waals surface area (Å²) in [7, 11) is 0. The van der Waals surface area contributed by atoms with Crippen molar-refractivity contribution < 1.29 is 19.4 Å². The minimum atomic E-state index is -1.11. The molecule has 1 aromatic carbocycles. The largest absolute Gasteiger partial charge is 0.490 e. The van der Waals surface area contributed by atoms with E-state index in [1.807, 2.05) is 18.2 Å². The van der Waals surface area contributed by atoms with Crippen molar-refractivity contribution in [1.29, 1.82) is 0 Å². The van der Waals surface area contributed by atoms with Crippen LogP contribution in [0.25, 0.3) is 0 Å². The molecule has 2 fully saturated rings. The second-order valence-electron chi connectivity index (χ2n) is 10.9. The average molecular weight is 423 g/mol. The molecule has 0 unspecified atom stereocenters. The van der Waals surface area contributed by atoms with Crippen molar-refractivity contribution in [2.75, 3.05) is 6.61 Å². The van der Waals surface area contributed by atoms with Gasteiger partial charge in [0.2, 0.25) is 0 Å². The van der Waals surface area contributed by atoms with Gasteiger partial charge in [0.25, 0.3) is 0 Å². The van der Waals surface area contributed by atoms with Crippen LogP contribution in [0.3, 0.4) is 0 Å². The zero-order valence-electron chi connectivity index (χ0n) is 19.1. The predicted molar refractivity (Wildman–Crippen MR) is 119 cm³/mol. The molecule has 4 aliphatic rings. The maximum Gasteiger partial charge on any atom is 0.338 e. The van der Waals surface area contributed by atoms with Crippen LogP contribution in [-0.4, -0.2) is 29.4 Å². The Morgan fingerprint density at radius 2 is 1.90 bits per heavy atom. The number of rotatable bonds is 2. The zero-order chi connectivity index (χ0) is 22.0. The predicted octanol–water partition coefficient (Wildman–Crippen LogP) is 5.29. The molecular formula is C27H34O4. The van der Waals surface area contributed by atoms with Gasteiger partial charge in [-0.05, 0) is 72.3 Å². The molecule has 0 radical (unpaired) electrons. The standard InChI is InChI=1S/C27H34O4/c1-17-19-11-14-30-22(19)16-21-20(17)15-23(31-24(28)18-9-6-5-7-10-18)27(29)25(2,3)12-8-13-26(21,27)4/h5-7,9-11,16-17,20-21,23,29H,8,12-15H2,1-4H3/t17-,20-,21-,23+,26+,27+/m0/s1. The van der Waals surface area contributed by atoms with Crippen molar-refractivity contribution in [3.05, 3.63) is 59.4 Å². The van der Waals surface area contributed by atoms with Gasteiger partial charge in [-0.3, -0.25) is 0 Å². The van der Waals surface area contributed by atoms with Crippen LogP contribution >= 0.6 is 0 Å². The molecule has 2 saturated carbocycles. The van der Waals surface area contributed by atoms with E-state index in [0.29, 0.717) is 30.4 Å². The Labute approximate surface area is 185 Å². The van der Waals surface area contributed by atoms with Crippen LogP contribution in [0.5, 0.6) is 0 Å². The van der Waals surface area contributed by atoms with Gasteiger partial charge >= 0.3 is 5.97 Å². The fraction of sp³-hybridized carbons (Fsp3) is 0.593. The summed E-state index contributed by atoms with van der Waals surface area (Å²) >= 11 is 0. The van der Waals surface area contributed by atoms with Gasteiger partial charge < -0.3 is 14.6 Å². The molecule has 0 amide bonds. The fourth-order valence-corrected chi connectivity index (χ4v) is 7.39. The Morgan fingerprint density at radius 1 is 1.16 bits per heavy atom. The second kappa shape index (κ2) is 6.96. The number of benzene rings is 1. The molecule has 6 atom stereocenters. The van der Waals surface area contributed by atoms with E-state index < -0.39 is 17.1 Å². The fourth-order valence-electron chi connectivity index (χ4n) is 7.39. The van der Waals surface area contributed by atoms with Gasteiger partial charge in [0.05, 0.1) is 5.56 Å². The molecule has 1 heterocycles. The maximum absolute atomic E-state index is 13.1. The number of allylic oxidation sites excluding steroid dienone is 2. The van der Waals surface area contributed by atoms with E-state index in [0.717, 1.165) is 25.0 Å². The van der Waals surface area contributed by atoms with Crippen molar-refractivity contribution in [1.82, 2.24) is 0 Å². The van der Waals surface area contributed by atoms with Gasteiger partial charge in [0, 0.05) is 5.41 Å². The first-order chi connectivity index (χ1) is 14.7. The highest BCUT2D eigenvalue weighted by Gasteiger charge is 2.70. The molecule has 0 spiro atoms. The lowest BCUT2D eigenvalue weighted by Gasteiger charge is -2.67. The summed E-state index contributed by atoms with van der Waals surface area (Å²) in [5.74, 6) is 1.48. The van der Waals surface area contributed by atoms with Gasteiger partial charge in [-0.2, -0.15) is 0 Å². The van der Waals surface area contributed by atoms with E-state index >= 15 is 0 Å². The van der Waals surface area contributed by atoms with Crippen molar-refractivity contribution in [3.63, 3.8) is 0 Å². The Balaban J connectivity index is 1.59. The number of hydrogen-bond donors (Lipinski definition) is 1. The summed E-state index contributed by atoms with van der Waals surface area (Å²) in [5, 5.41) is 12.5. The van der Waals surface area contributed by atoms with Crippen molar-refractivity contribution in [2.24, 2.45) is 28.6 Å². The lowest BCUT2D eigenvalue weighted by molar-refractivity contribution is -0.279. The van der Waals surface area contributed by atoms with Crippen molar-refractivity contribution >= 4 is 5.97 Å². The molecule has 0 aromatic heterocycles. The van der Waals surface area contributed by atoms with E-state index in [-0.39, 0.29) is 17.3 Å². The molecule has 1 aromatic rings. The molecule has 1 aliphatic heterocycles. The Bertz CT molecular complexity index is 945. The quantitative estimate of drug-likeness (QED) is 0.659. The summed E-state index contributed by atoms with van der Waals surface area (Å²) in [6.07, 6.45) is 7.50. The number of ether oxygens (including phenoxy) is 2. The summed E-state index contributed by atoms with van der Waals surface area (Å²) in [5.41, 5.74) is -0.0488. The minimum absolute atomic E-state index is 0.198. The monoisotopic (exact) mass is 422 g/mol. The van der Waals surface area contributed by atoms with Crippen LogP contribution < -0.4 is 0 Å². The Hall–Kier alpha value is -2.07. The van der Waals surface area contributed by atoms with Crippen LogP contribution in [0.1, 0.15) is 63.7 Å². The third-order valence-corrected chi connectivity index (χ3v) is 9.10. The topological polar surface area (TPSA) is 55.8 Å². The van der Waals surface area contributed by atoms with Gasteiger partial charge in [-0.15, -0.1) is 0 Å².